The third-order valence-corrected chi connectivity index (χ3v) is 6.23. The van der Waals surface area contributed by atoms with Crippen LogP contribution in [0.3, 0.4) is 0 Å². The van der Waals surface area contributed by atoms with Gasteiger partial charge in [0.2, 0.25) is 0 Å². The van der Waals surface area contributed by atoms with Gasteiger partial charge >= 0.3 is 0 Å². The topological polar surface area (TPSA) is 98.3 Å². The third kappa shape index (κ3) is 4.17. The second-order valence-corrected chi connectivity index (χ2v) is 8.39. The van der Waals surface area contributed by atoms with E-state index in [1.807, 2.05) is 11.0 Å². The van der Waals surface area contributed by atoms with Crippen LogP contribution in [0, 0.1) is 11.3 Å². The van der Waals surface area contributed by atoms with Crippen molar-refractivity contribution in [3.63, 3.8) is 0 Å². The van der Waals surface area contributed by atoms with Gasteiger partial charge in [0.05, 0.1) is 23.4 Å². The molecule has 33 heavy (non-hydrogen) atoms. The van der Waals surface area contributed by atoms with Crippen LogP contribution in [0.1, 0.15) is 34.3 Å². The number of alkyl halides is 1. The zero-order valence-electron chi connectivity index (χ0n) is 18.0. The van der Waals surface area contributed by atoms with Gasteiger partial charge in [-0.25, -0.2) is 14.1 Å². The number of amides is 1. The van der Waals surface area contributed by atoms with Gasteiger partial charge in [-0.2, -0.15) is 10.4 Å². The highest BCUT2D eigenvalue weighted by molar-refractivity contribution is 5.94. The summed E-state index contributed by atoms with van der Waals surface area (Å²) >= 11 is 0. The Hall–Kier alpha value is -3.77. The minimum atomic E-state index is -0.787. The van der Waals surface area contributed by atoms with Gasteiger partial charge in [-0.3, -0.25) is 9.69 Å². The first-order valence-electron chi connectivity index (χ1n) is 10.9. The number of nitrogens with zero attached hydrogens (tertiary/aromatic N) is 6. The van der Waals surface area contributed by atoms with Crippen molar-refractivity contribution in [2.24, 2.45) is 0 Å². The summed E-state index contributed by atoms with van der Waals surface area (Å²) in [5, 5.41) is 23.8. The van der Waals surface area contributed by atoms with E-state index in [1.54, 1.807) is 18.2 Å². The summed E-state index contributed by atoms with van der Waals surface area (Å²) in [5.74, 6) is 0.302. The van der Waals surface area contributed by atoms with Gasteiger partial charge in [0, 0.05) is 49.5 Å². The second kappa shape index (κ2) is 8.64. The number of carbonyl (C=O) groups is 1. The van der Waals surface area contributed by atoms with Crippen LogP contribution >= 0.6 is 0 Å². The third-order valence-electron chi connectivity index (χ3n) is 6.23. The van der Waals surface area contributed by atoms with Crippen LogP contribution < -0.4 is 0 Å². The largest absolute Gasteiger partial charge is 0.504 e. The quantitative estimate of drug-likeness (QED) is 0.647. The Kier molecular flexibility index (Phi) is 5.52. The Bertz CT molecular complexity index is 1220. The first-order chi connectivity index (χ1) is 16.1. The summed E-state index contributed by atoms with van der Waals surface area (Å²) < 4.78 is 14.7. The Morgan fingerprint density at radius 3 is 2.61 bits per heavy atom. The van der Waals surface area contributed by atoms with Crippen molar-refractivity contribution in [2.75, 3.05) is 26.2 Å². The number of piperazine rings is 1. The molecule has 2 aliphatic rings. The number of hydrogen-bond donors (Lipinski definition) is 1. The van der Waals surface area contributed by atoms with E-state index in [1.165, 1.54) is 42.0 Å². The fourth-order valence-corrected chi connectivity index (χ4v) is 4.21. The molecule has 0 atom stereocenters. The Balaban J connectivity index is 1.32. The Morgan fingerprint density at radius 1 is 1.18 bits per heavy atom. The average molecular weight is 446 g/mol. The minimum absolute atomic E-state index is 0.0372. The molecule has 0 radical (unpaired) electrons. The minimum Gasteiger partial charge on any atom is -0.504 e. The van der Waals surface area contributed by atoms with Gasteiger partial charge in [-0.1, -0.05) is 6.07 Å². The molecule has 1 N–H and O–H groups in total. The van der Waals surface area contributed by atoms with Crippen LogP contribution in [-0.4, -0.2) is 67.8 Å². The van der Waals surface area contributed by atoms with Crippen LogP contribution in [-0.2, 0) is 6.67 Å². The molecule has 1 aromatic carbocycles. The summed E-state index contributed by atoms with van der Waals surface area (Å²) in [6, 6.07) is 10.7. The van der Waals surface area contributed by atoms with Crippen molar-refractivity contribution in [1.29, 1.82) is 5.26 Å². The highest BCUT2D eigenvalue weighted by Gasteiger charge is 2.32. The van der Waals surface area contributed by atoms with E-state index in [2.05, 4.69) is 15.0 Å². The molecule has 1 saturated heterocycles. The van der Waals surface area contributed by atoms with Gasteiger partial charge in [0.1, 0.15) is 12.4 Å². The number of aromatic hydroxyl groups is 1. The summed E-state index contributed by atoms with van der Waals surface area (Å²) in [6.07, 6.45) is 5.47. The molecular weight excluding hydrogens is 423 g/mol. The predicted octanol–water partition coefficient (Wildman–Crippen LogP) is 2.90. The summed E-state index contributed by atoms with van der Waals surface area (Å²) in [5.41, 5.74) is 1.74. The molecule has 3 heterocycles. The summed E-state index contributed by atoms with van der Waals surface area (Å²) in [4.78, 5) is 21.5. The summed E-state index contributed by atoms with van der Waals surface area (Å²) in [7, 11) is 0. The van der Waals surface area contributed by atoms with Crippen molar-refractivity contribution in [1.82, 2.24) is 24.6 Å². The second-order valence-electron chi connectivity index (χ2n) is 8.39. The van der Waals surface area contributed by atoms with Gasteiger partial charge in [0.25, 0.3) is 5.91 Å². The van der Waals surface area contributed by atoms with Gasteiger partial charge in [-0.15, -0.1) is 0 Å². The molecule has 168 valence electrons. The lowest BCUT2D eigenvalue weighted by molar-refractivity contribution is 0.0627. The number of rotatable bonds is 5. The van der Waals surface area contributed by atoms with E-state index in [-0.39, 0.29) is 28.5 Å². The fourth-order valence-electron chi connectivity index (χ4n) is 4.21. The number of aromatic nitrogens is 3. The molecule has 3 aromatic rings. The van der Waals surface area contributed by atoms with Gasteiger partial charge < -0.3 is 10.0 Å². The maximum atomic E-state index is 13.3. The van der Waals surface area contributed by atoms with E-state index in [0.29, 0.717) is 23.0 Å². The SMILES string of the molecule is N#Cc1ccc(-c2nn(-c3ccc(C(=O)N4CCN(C5CC5)CC4)cn3)cc2O)cc1CF. The van der Waals surface area contributed by atoms with Crippen molar-refractivity contribution in [2.45, 2.75) is 25.6 Å². The molecule has 5 rings (SSSR count). The normalized spacial score (nSPS) is 16.5. The average Bonchev–Trinajstić information content (AvgIpc) is 3.65. The van der Waals surface area contributed by atoms with Crippen molar-refractivity contribution in [3.05, 3.63) is 59.4 Å². The van der Waals surface area contributed by atoms with Crippen molar-refractivity contribution < 1.29 is 14.3 Å². The molecule has 1 amide bonds. The smallest absolute Gasteiger partial charge is 0.255 e. The molecule has 0 bridgehead atoms. The maximum absolute atomic E-state index is 13.3. The van der Waals surface area contributed by atoms with Gasteiger partial charge in [-0.05, 0) is 37.1 Å². The molecule has 2 aromatic heterocycles. The molecule has 2 fully saturated rings. The van der Waals surface area contributed by atoms with E-state index in [0.717, 1.165) is 26.2 Å². The molecule has 1 aliphatic carbocycles. The molecule has 1 aliphatic heterocycles. The zero-order valence-corrected chi connectivity index (χ0v) is 18.0. The van der Waals surface area contributed by atoms with E-state index >= 15 is 0 Å². The van der Waals surface area contributed by atoms with Crippen LogP contribution in [0.15, 0.2) is 42.7 Å². The predicted molar refractivity (Wildman–Crippen MR) is 118 cm³/mol. The first kappa shape index (κ1) is 21.1. The Morgan fingerprint density at radius 2 is 1.97 bits per heavy atom. The van der Waals surface area contributed by atoms with E-state index in [4.69, 9.17) is 5.26 Å². The Labute approximate surface area is 190 Å². The maximum Gasteiger partial charge on any atom is 0.255 e. The van der Waals surface area contributed by atoms with Crippen LogP contribution in [0.5, 0.6) is 5.75 Å². The van der Waals surface area contributed by atoms with Gasteiger partial charge in [0.15, 0.2) is 11.6 Å². The van der Waals surface area contributed by atoms with Crippen LogP contribution in [0.4, 0.5) is 4.39 Å². The number of hydrogen-bond acceptors (Lipinski definition) is 6. The summed E-state index contributed by atoms with van der Waals surface area (Å²) in [6.45, 7) is 2.48. The first-order valence-corrected chi connectivity index (χ1v) is 10.9. The lowest BCUT2D eigenvalue weighted by Gasteiger charge is -2.34. The molecule has 8 nitrogen and oxygen atoms in total. The van der Waals surface area contributed by atoms with E-state index in [9.17, 15) is 14.3 Å². The number of carbonyl (C=O) groups excluding carboxylic acids is 1. The van der Waals surface area contributed by atoms with Crippen LogP contribution in [0.2, 0.25) is 0 Å². The zero-order chi connectivity index (χ0) is 22.9. The number of pyridine rings is 1. The number of nitriles is 1. The van der Waals surface area contributed by atoms with Crippen LogP contribution in [0.25, 0.3) is 17.1 Å². The molecule has 0 unspecified atom stereocenters. The van der Waals surface area contributed by atoms with Crippen molar-refractivity contribution in [3.8, 4) is 28.9 Å². The molecular formula is C24H23FN6O2. The molecule has 0 spiro atoms. The number of halogens is 1. The van der Waals surface area contributed by atoms with Crippen molar-refractivity contribution >= 4 is 5.91 Å². The fraction of sp³-hybridized carbons (Fsp3) is 0.333. The lowest BCUT2D eigenvalue weighted by Crippen LogP contribution is -2.49. The highest BCUT2D eigenvalue weighted by Crippen LogP contribution is 2.30. The number of benzene rings is 1. The molecule has 1 saturated carbocycles. The highest BCUT2D eigenvalue weighted by atomic mass is 19.1. The molecule has 9 heteroatoms. The lowest BCUT2D eigenvalue weighted by atomic mass is 10.0. The standard InChI is InChI=1S/C24H23FN6O2/c25-12-19-11-16(1-2-17(19)13-26)23-21(32)15-31(28-23)22-6-3-18(14-27-22)24(33)30-9-7-29(8-10-30)20-4-5-20/h1-3,6,11,14-15,20,32H,4-5,7-10,12H2. The monoisotopic (exact) mass is 446 g/mol. The van der Waals surface area contributed by atoms with E-state index < -0.39 is 6.67 Å².